The highest BCUT2D eigenvalue weighted by molar-refractivity contribution is 5.81. The number of hydrogen-bond acceptors (Lipinski definition) is 5. The Labute approximate surface area is 178 Å². The monoisotopic (exact) mass is 404 g/mol. The Morgan fingerprint density at radius 2 is 1.93 bits per heavy atom. The Morgan fingerprint density at radius 3 is 2.67 bits per heavy atom. The molecule has 4 heterocycles. The van der Waals surface area contributed by atoms with Gasteiger partial charge >= 0.3 is 0 Å². The zero-order valence-corrected chi connectivity index (χ0v) is 18.3. The lowest BCUT2D eigenvalue weighted by Gasteiger charge is -2.42. The van der Waals surface area contributed by atoms with E-state index >= 15 is 0 Å². The van der Waals surface area contributed by atoms with E-state index in [9.17, 15) is 0 Å². The van der Waals surface area contributed by atoms with Gasteiger partial charge in [0.05, 0.1) is 5.52 Å². The van der Waals surface area contributed by atoms with E-state index in [4.69, 9.17) is 0 Å². The number of likely N-dealkylation sites (tertiary alicyclic amines) is 2. The first-order valence-corrected chi connectivity index (χ1v) is 11.2. The molecule has 2 saturated heterocycles. The van der Waals surface area contributed by atoms with E-state index in [-0.39, 0.29) is 0 Å². The quantitative estimate of drug-likeness (QED) is 0.667. The van der Waals surface area contributed by atoms with Gasteiger partial charge in [0.25, 0.3) is 0 Å². The Hall–Kier alpha value is -2.31. The summed E-state index contributed by atoms with van der Waals surface area (Å²) in [4.78, 5) is 9.91. The van der Waals surface area contributed by atoms with Gasteiger partial charge in [0.15, 0.2) is 0 Å². The number of nitrogens with zero attached hydrogens (tertiary/aromatic N) is 6. The van der Waals surface area contributed by atoms with Crippen molar-refractivity contribution in [1.82, 2.24) is 29.5 Å². The van der Waals surface area contributed by atoms with Crippen LogP contribution in [0.1, 0.15) is 44.0 Å². The van der Waals surface area contributed by atoms with E-state index < -0.39 is 0 Å². The highest BCUT2D eigenvalue weighted by Crippen LogP contribution is 2.49. The van der Waals surface area contributed by atoms with Crippen molar-refractivity contribution in [3.8, 4) is 0 Å². The van der Waals surface area contributed by atoms with Gasteiger partial charge in [-0.3, -0.25) is 14.8 Å². The molecule has 0 radical (unpaired) electrons. The molecular formula is C24H32N6. The Morgan fingerprint density at radius 1 is 1.13 bits per heavy atom. The summed E-state index contributed by atoms with van der Waals surface area (Å²) < 4.78 is 2.13. The number of aromatic nitrogens is 4. The maximum Gasteiger partial charge on any atom is 0.137 e. The normalized spacial score (nSPS) is 22.5. The van der Waals surface area contributed by atoms with Crippen LogP contribution in [0.4, 0.5) is 0 Å². The molecule has 3 aromatic rings. The summed E-state index contributed by atoms with van der Waals surface area (Å²) in [6.07, 6.45) is 6.18. The molecule has 2 aromatic heterocycles. The van der Waals surface area contributed by atoms with Gasteiger partial charge in [0.2, 0.25) is 0 Å². The molecule has 158 valence electrons. The molecule has 1 unspecified atom stereocenters. The van der Waals surface area contributed by atoms with E-state index in [1.807, 2.05) is 18.6 Å². The van der Waals surface area contributed by atoms with Crippen LogP contribution in [0.3, 0.4) is 0 Å². The molecule has 6 nitrogen and oxygen atoms in total. The first-order chi connectivity index (χ1) is 14.6. The summed E-state index contributed by atoms with van der Waals surface area (Å²) in [6, 6.07) is 11.3. The number of hydrogen-bond donors (Lipinski definition) is 0. The predicted octanol–water partition coefficient (Wildman–Crippen LogP) is 3.45. The summed E-state index contributed by atoms with van der Waals surface area (Å²) in [7, 11) is 2.09. The van der Waals surface area contributed by atoms with Gasteiger partial charge in [-0.1, -0.05) is 24.3 Å². The van der Waals surface area contributed by atoms with Crippen molar-refractivity contribution in [3.63, 3.8) is 0 Å². The number of benzene rings is 1. The molecule has 0 aliphatic carbocycles. The van der Waals surface area contributed by atoms with Crippen LogP contribution >= 0.6 is 0 Å². The average molecular weight is 405 g/mol. The third-order valence-electron chi connectivity index (χ3n) is 7.42. The maximum atomic E-state index is 4.65. The molecule has 30 heavy (non-hydrogen) atoms. The minimum absolute atomic E-state index is 0.304. The minimum atomic E-state index is 0.304. The highest BCUT2D eigenvalue weighted by Gasteiger charge is 2.50. The summed E-state index contributed by atoms with van der Waals surface area (Å²) in [5, 5.41) is 9.95. The zero-order valence-electron chi connectivity index (χ0n) is 18.3. The standard InChI is InChI=1S/C24H32N6/c1-18(2)30-15-21(23-27-26-17-28(23)3)24(16-30)9-12-29(13-10-24)14-20-7-4-6-19-8-5-11-25-22(19)20/h4-8,11,17-18,21H,9-10,12-16H2,1-3H3. The molecule has 0 saturated carbocycles. The SMILES string of the molecule is CC(C)N1CC(c2nncn2C)C2(CCN(Cc3cccc4cccnc34)CC2)C1. The Bertz CT molecular complexity index is 1010. The van der Waals surface area contributed by atoms with Crippen LogP contribution in [0.15, 0.2) is 42.9 Å². The number of para-hydroxylation sites is 1. The van der Waals surface area contributed by atoms with Gasteiger partial charge in [-0.2, -0.15) is 0 Å². The van der Waals surface area contributed by atoms with Crippen molar-refractivity contribution < 1.29 is 0 Å². The molecule has 0 amide bonds. The second-order valence-corrected chi connectivity index (χ2v) is 9.51. The topological polar surface area (TPSA) is 50.1 Å². The lowest BCUT2D eigenvalue weighted by atomic mass is 9.70. The van der Waals surface area contributed by atoms with E-state index in [2.05, 4.69) is 74.7 Å². The predicted molar refractivity (Wildman–Crippen MR) is 119 cm³/mol. The number of piperidine rings is 1. The van der Waals surface area contributed by atoms with Crippen molar-refractivity contribution >= 4 is 10.9 Å². The lowest BCUT2D eigenvalue weighted by Crippen LogP contribution is -2.44. The van der Waals surface area contributed by atoms with Gasteiger partial charge in [-0.05, 0) is 56.8 Å². The minimum Gasteiger partial charge on any atom is -0.320 e. The second-order valence-electron chi connectivity index (χ2n) is 9.51. The van der Waals surface area contributed by atoms with Crippen LogP contribution in [0.5, 0.6) is 0 Å². The van der Waals surface area contributed by atoms with E-state index in [0.29, 0.717) is 17.4 Å². The number of fused-ring (bicyclic) bond motifs is 1. The number of rotatable bonds is 4. The zero-order chi connectivity index (χ0) is 20.7. The molecule has 1 atom stereocenters. The third kappa shape index (κ3) is 3.42. The van der Waals surface area contributed by atoms with Crippen molar-refractivity contribution in [2.75, 3.05) is 26.2 Å². The Kier molecular flexibility index (Phi) is 5.07. The number of aryl methyl sites for hydroxylation is 1. The van der Waals surface area contributed by atoms with Crippen LogP contribution in [-0.4, -0.2) is 61.8 Å². The van der Waals surface area contributed by atoms with Crippen LogP contribution < -0.4 is 0 Å². The van der Waals surface area contributed by atoms with Gasteiger partial charge in [0, 0.05) is 50.2 Å². The first-order valence-electron chi connectivity index (χ1n) is 11.2. The first kappa shape index (κ1) is 19.6. The van der Waals surface area contributed by atoms with Crippen LogP contribution in [0.25, 0.3) is 10.9 Å². The molecule has 1 spiro atoms. The fourth-order valence-electron chi connectivity index (χ4n) is 5.56. The molecule has 2 aliphatic heterocycles. The summed E-state index contributed by atoms with van der Waals surface area (Å²) >= 11 is 0. The smallest absolute Gasteiger partial charge is 0.137 e. The maximum absolute atomic E-state index is 4.65. The van der Waals surface area contributed by atoms with E-state index in [1.54, 1.807) is 0 Å². The lowest BCUT2D eigenvalue weighted by molar-refractivity contribution is 0.0868. The fraction of sp³-hybridized carbons (Fsp3) is 0.542. The summed E-state index contributed by atoms with van der Waals surface area (Å²) in [5.41, 5.74) is 2.78. The number of pyridine rings is 1. The fourth-order valence-corrected chi connectivity index (χ4v) is 5.56. The molecular weight excluding hydrogens is 372 g/mol. The average Bonchev–Trinajstić information content (AvgIpc) is 3.33. The second kappa shape index (κ2) is 7.75. The molecule has 5 rings (SSSR count). The van der Waals surface area contributed by atoms with Crippen LogP contribution in [-0.2, 0) is 13.6 Å². The molecule has 1 aromatic carbocycles. The van der Waals surface area contributed by atoms with Gasteiger partial charge in [0.1, 0.15) is 12.2 Å². The largest absolute Gasteiger partial charge is 0.320 e. The van der Waals surface area contributed by atoms with Crippen LogP contribution in [0, 0.1) is 5.41 Å². The van der Waals surface area contributed by atoms with Gasteiger partial charge in [-0.15, -0.1) is 10.2 Å². The van der Waals surface area contributed by atoms with Crippen LogP contribution in [0.2, 0.25) is 0 Å². The molecule has 2 aliphatic rings. The van der Waals surface area contributed by atoms with Gasteiger partial charge in [-0.25, -0.2) is 0 Å². The molecule has 0 N–H and O–H groups in total. The van der Waals surface area contributed by atoms with Gasteiger partial charge < -0.3 is 4.57 Å². The molecule has 6 heteroatoms. The van der Waals surface area contributed by atoms with E-state index in [1.165, 1.54) is 30.3 Å². The van der Waals surface area contributed by atoms with Crippen molar-refractivity contribution in [2.24, 2.45) is 12.5 Å². The van der Waals surface area contributed by atoms with Crippen molar-refractivity contribution in [2.45, 2.75) is 45.2 Å². The third-order valence-corrected chi connectivity index (χ3v) is 7.42. The molecule has 0 bridgehead atoms. The summed E-state index contributed by atoms with van der Waals surface area (Å²) in [6.45, 7) is 10.1. The highest BCUT2D eigenvalue weighted by atomic mass is 15.3. The Balaban J connectivity index is 1.35. The summed E-state index contributed by atoms with van der Waals surface area (Å²) in [5.74, 6) is 1.62. The van der Waals surface area contributed by atoms with Crippen molar-refractivity contribution in [1.29, 1.82) is 0 Å². The molecule has 2 fully saturated rings. The van der Waals surface area contributed by atoms with E-state index in [0.717, 1.165) is 37.5 Å². The van der Waals surface area contributed by atoms with Crippen molar-refractivity contribution in [3.05, 3.63) is 54.2 Å².